The third-order valence-corrected chi connectivity index (χ3v) is 1.40. The molecule has 0 unspecified atom stereocenters. The van der Waals surface area contributed by atoms with Crippen LogP contribution in [-0.4, -0.2) is 12.2 Å². The molecule has 0 heterocycles. The minimum atomic E-state index is -0.426. The Hall–Kier alpha value is -1.64. The van der Waals surface area contributed by atoms with Crippen LogP contribution in [0, 0.1) is 0 Å². The van der Waals surface area contributed by atoms with Crippen molar-refractivity contribution in [3.63, 3.8) is 0 Å². The summed E-state index contributed by atoms with van der Waals surface area (Å²) in [4.78, 5) is 15.8. The van der Waals surface area contributed by atoms with Gasteiger partial charge in [-0.15, -0.1) is 0 Å². The van der Waals surface area contributed by atoms with Crippen molar-refractivity contribution in [1.29, 1.82) is 0 Å². The summed E-state index contributed by atoms with van der Waals surface area (Å²) in [7, 11) is 0. The molecule has 68 valence electrons. The fourth-order valence-electron chi connectivity index (χ4n) is 0.787. The first-order valence-corrected chi connectivity index (χ1v) is 4.13. The van der Waals surface area contributed by atoms with E-state index in [1.165, 1.54) is 0 Å². The van der Waals surface area contributed by atoms with Crippen LogP contribution in [0.15, 0.2) is 35.5 Å². The summed E-state index contributed by atoms with van der Waals surface area (Å²) in [5.41, 5.74) is 0.510. The number of oxime groups is 1. The van der Waals surface area contributed by atoms with E-state index in [2.05, 4.69) is 9.99 Å². The van der Waals surface area contributed by atoms with Gasteiger partial charge in [0.25, 0.3) is 0 Å². The molecule has 0 spiro atoms. The Labute approximate surface area is 77.0 Å². The van der Waals surface area contributed by atoms with Gasteiger partial charge in [0.05, 0.1) is 5.56 Å². The second-order valence-corrected chi connectivity index (χ2v) is 2.44. The van der Waals surface area contributed by atoms with Crippen LogP contribution in [0.2, 0.25) is 0 Å². The molecule has 3 nitrogen and oxygen atoms in total. The standard InChI is InChI=1S/C10H11NO2/c1-2-8-11-13-10(12)9-6-4-3-5-7-9/h3-8H,2H2,1H3/b11-8+. The smallest absolute Gasteiger partial charge is 0.313 e. The highest BCUT2D eigenvalue weighted by Crippen LogP contribution is 2.00. The molecule has 0 N–H and O–H groups in total. The molecule has 0 amide bonds. The number of hydrogen-bond acceptors (Lipinski definition) is 3. The van der Waals surface area contributed by atoms with Gasteiger partial charge in [0.2, 0.25) is 0 Å². The van der Waals surface area contributed by atoms with Crippen molar-refractivity contribution in [1.82, 2.24) is 0 Å². The van der Waals surface area contributed by atoms with Gasteiger partial charge in [-0.05, 0) is 18.6 Å². The van der Waals surface area contributed by atoms with Gasteiger partial charge in [-0.2, -0.15) is 0 Å². The third-order valence-electron chi connectivity index (χ3n) is 1.40. The summed E-state index contributed by atoms with van der Waals surface area (Å²) >= 11 is 0. The molecule has 0 aliphatic heterocycles. The molecule has 0 saturated heterocycles. The third kappa shape index (κ3) is 3.07. The topological polar surface area (TPSA) is 38.7 Å². The van der Waals surface area contributed by atoms with E-state index in [9.17, 15) is 4.79 Å². The first-order valence-electron chi connectivity index (χ1n) is 4.13. The van der Waals surface area contributed by atoms with Crippen LogP contribution in [0.4, 0.5) is 0 Å². The summed E-state index contributed by atoms with van der Waals surface area (Å²) in [6, 6.07) is 8.76. The summed E-state index contributed by atoms with van der Waals surface area (Å²) in [5, 5.41) is 3.49. The van der Waals surface area contributed by atoms with Crippen LogP contribution in [0.5, 0.6) is 0 Å². The average Bonchev–Trinajstić information content (AvgIpc) is 2.19. The summed E-state index contributed by atoms with van der Waals surface area (Å²) in [5.74, 6) is -0.426. The minimum Gasteiger partial charge on any atom is -0.313 e. The molecule has 0 bridgehead atoms. The number of nitrogens with zero attached hydrogens (tertiary/aromatic N) is 1. The SMILES string of the molecule is CC/C=N/OC(=O)c1ccccc1. The Morgan fingerprint density at radius 3 is 2.77 bits per heavy atom. The van der Waals surface area contributed by atoms with Gasteiger partial charge in [0, 0.05) is 6.21 Å². The molecule has 0 aromatic heterocycles. The Morgan fingerprint density at radius 2 is 2.15 bits per heavy atom. The molecule has 0 radical (unpaired) electrons. The Morgan fingerprint density at radius 1 is 1.46 bits per heavy atom. The maximum Gasteiger partial charge on any atom is 0.365 e. The molecular weight excluding hydrogens is 166 g/mol. The van der Waals surface area contributed by atoms with E-state index in [-0.39, 0.29) is 0 Å². The second-order valence-electron chi connectivity index (χ2n) is 2.44. The van der Waals surface area contributed by atoms with E-state index < -0.39 is 5.97 Å². The zero-order valence-corrected chi connectivity index (χ0v) is 7.43. The number of rotatable bonds is 3. The van der Waals surface area contributed by atoms with E-state index in [1.54, 1.807) is 30.5 Å². The highest BCUT2D eigenvalue weighted by molar-refractivity contribution is 5.89. The fourth-order valence-corrected chi connectivity index (χ4v) is 0.787. The van der Waals surface area contributed by atoms with Crippen LogP contribution in [-0.2, 0) is 4.84 Å². The second kappa shape index (κ2) is 5.09. The van der Waals surface area contributed by atoms with E-state index in [0.29, 0.717) is 5.56 Å². The predicted octanol–water partition coefficient (Wildman–Crippen LogP) is 2.24. The molecule has 3 heteroatoms. The van der Waals surface area contributed by atoms with Crippen LogP contribution in [0.25, 0.3) is 0 Å². The Kier molecular flexibility index (Phi) is 3.70. The first-order chi connectivity index (χ1) is 6.34. The van der Waals surface area contributed by atoms with Crippen molar-refractivity contribution in [2.45, 2.75) is 13.3 Å². The molecule has 1 aromatic rings. The maximum absolute atomic E-state index is 11.2. The van der Waals surface area contributed by atoms with Gasteiger partial charge in [0.1, 0.15) is 0 Å². The Balaban J connectivity index is 2.54. The molecule has 0 saturated carbocycles. The van der Waals surface area contributed by atoms with Crippen molar-refractivity contribution < 1.29 is 9.63 Å². The predicted molar refractivity (Wildman–Crippen MR) is 50.6 cm³/mol. The van der Waals surface area contributed by atoms with Crippen molar-refractivity contribution in [2.24, 2.45) is 5.16 Å². The summed E-state index contributed by atoms with van der Waals surface area (Å²) in [6.07, 6.45) is 2.29. The first kappa shape index (κ1) is 9.45. The zero-order chi connectivity index (χ0) is 9.52. The minimum absolute atomic E-state index is 0.426. The molecular formula is C10H11NO2. The Bertz CT molecular complexity index is 293. The fraction of sp³-hybridized carbons (Fsp3) is 0.200. The van der Waals surface area contributed by atoms with Gasteiger partial charge in [-0.3, -0.25) is 0 Å². The lowest BCUT2D eigenvalue weighted by molar-refractivity contribution is 0.0518. The number of carbonyl (C=O) groups is 1. The molecule has 13 heavy (non-hydrogen) atoms. The lowest BCUT2D eigenvalue weighted by Gasteiger charge is -1.95. The van der Waals surface area contributed by atoms with Gasteiger partial charge >= 0.3 is 5.97 Å². The largest absolute Gasteiger partial charge is 0.365 e. The molecule has 0 atom stereocenters. The molecule has 1 aromatic carbocycles. The van der Waals surface area contributed by atoms with Crippen molar-refractivity contribution in [3.05, 3.63) is 35.9 Å². The molecule has 0 aliphatic carbocycles. The summed E-state index contributed by atoms with van der Waals surface area (Å²) in [6.45, 7) is 1.92. The van der Waals surface area contributed by atoms with E-state index in [0.717, 1.165) is 6.42 Å². The molecule has 0 fully saturated rings. The number of benzene rings is 1. The van der Waals surface area contributed by atoms with E-state index in [4.69, 9.17) is 0 Å². The van der Waals surface area contributed by atoms with Crippen molar-refractivity contribution in [3.8, 4) is 0 Å². The van der Waals surface area contributed by atoms with E-state index in [1.807, 2.05) is 13.0 Å². The van der Waals surface area contributed by atoms with Crippen molar-refractivity contribution in [2.75, 3.05) is 0 Å². The highest BCUT2D eigenvalue weighted by atomic mass is 16.7. The van der Waals surface area contributed by atoms with E-state index >= 15 is 0 Å². The summed E-state index contributed by atoms with van der Waals surface area (Å²) < 4.78 is 0. The monoisotopic (exact) mass is 177 g/mol. The van der Waals surface area contributed by atoms with Crippen LogP contribution in [0.1, 0.15) is 23.7 Å². The van der Waals surface area contributed by atoms with Gasteiger partial charge in [-0.25, -0.2) is 4.79 Å². The quantitative estimate of drug-likeness (QED) is 0.403. The van der Waals surface area contributed by atoms with Gasteiger partial charge in [-0.1, -0.05) is 30.3 Å². The highest BCUT2D eigenvalue weighted by Gasteiger charge is 2.03. The van der Waals surface area contributed by atoms with Gasteiger partial charge < -0.3 is 4.84 Å². The number of hydrogen-bond donors (Lipinski definition) is 0. The normalized spacial score (nSPS) is 10.2. The lowest BCUT2D eigenvalue weighted by Crippen LogP contribution is -1.99. The molecule has 0 aliphatic rings. The van der Waals surface area contributed by atoms with Gasteiger partial charge in [0.15, 0.2) is 0 Å². The van der Waals surface area contributed by atoms with Crippen LogP contribution < -0.4 is 0 Å². The van der Waals surface area contributed by atoms with Crippen LogP contribution >= 0.6 is 0 Å². The zero-order valence-electron chi connectivity index (χ0n) is 7.43. The molecule has 1 rings (SSSR count). The lowest BCUT2D eigenvalue weighted by atomic mass is 10.2. The average molecular weight is 177 g/mol. The number of carbonyl (C=O) groups excluding carboxylic acids is 1. The van der Waals surface area contributed by atoms with Crippen LogP contribution in [0.3, 0.4) is 0 Å². The van der Waals surface area contributed by atoms with Crippen molar-refractivity contribution >= 4 is 12.2 Å². The maximum atomic E-state index is 11.2.